The van der Waals surface area contributed by atoms with Crippen LogP contribution in [0.5, 0.6) is 0 Å². The van der Waals surface area contributed by atoms with Crippen LogP contribution in [0.1, 0.15) is 28.5 Å². The average molecular weight is 387 g/mol. The van der Waals surface area contributed by atoms with Crippen LogP contribution in [0.4, 0.5) is 0 Å². The van der Waals surface area contributed by atoms with E-state index < -0.39 is 5.97 Å². The highest BCUT2D eigenvalue weighted by Gasteiger charge is 2.29. The fourth-order valence-corrected chi connectivity index (χ4v) is 4.37. The van der Waals surface area contributed by atoms with Gasteiger partial charge in [0.1, 0.15) is 0 Å². The summed E-state index contributed by atoms with van der Waals surface area (Å²) in [6.45, 7) is 2.11. The van der Waals surface area contributed by atoms with E-state index in [9.17, 15) is 4.79 Å². The summed E-state index contributed by atoms with van der Waals surface area (Å²) in [6.07, 6.45) is 0.839. The van der Waals surface area contributed by atoms with E-state index in [2.05, 4.69) is 35.3 Å². The van der Waals surface area contributed by atoms with Gasteiger partial charge in [0.05, 0.1) is 18.0 Å². The number of carbonyl (C=O) groups excluding carboxylic acids is 1. The Hall–Kier alpha value is -3.25. The molecule has 138 valence electrons. The minimum absolute atomic E-state index is 0.318. The van der Waals surface area contributed by atoms with Gasteiger partial charge in [-0.3, -0.25) is 0 Å². The zero-order valence-electron chi connectivity index (χ0n) is 15.3. The van der Waals surface area contributed by atoms with E-state index in [1.54, 1.807) is 12.3 Å². The maximum Gasteiger partial charge on any atom is 0.357 e. The van der Waals surface area contributed by atoms with Crippen LogP contribution in [0.25, 0.3) is 27.6 Å². The SMILES string of the molecule is CCOC(=O)c1csc(-n2nc(-c3ccccc3)c3c2-c2ccccc2C3)n1. The van der Waals surface area contributed by atoms with E-state index in [4.69, 9.17) is 9.84 Å². The number of aromatic nitrogens is 3. The van der Waals surface area contributed by atoms with Crippen molar-refractivity contribution in [1.82, 2.24) is 14.8 Å². The predicted molar refractivity (Wildman–Crippen MR) is 109 cm³/mol. The lowest BCUT2D eigenvalue weighted by Crippen LogP contribution is -2.06. The Kier molecular flexibility index (Phi) is 4.06. The Morgan fingerprint density at radius 3 is 2.75 bits per heavy atom. The van der Waals surface area contributed by atoms with Crippen molar-refractivity contribution in [2.75, 3.05) is 6.61 Å². The summed E-state index contributed by atoms with van der Waals surface area (Å²) in [6, 6.07) is 18.6. The maximum absolute atomic E-state index is 12.0. The van der Waals surface area contributed by atoms with E-state index in [0.717, 1.165) is 23.4 Å². The van der Waals surface area contributed by atoms with Crippen molar-refractivity contribution in [1.29, 1.82) is 0 Å². The second-order valence-electron chi connectivity index (χ2n) is 6.52. The van der Waals surface area contributed by atoms with Crippen LogP contribution in [0.15, 0.2) is 60.0 Å². The standard InChI is InChI=1S/C22H17N3O2S/c1-2-27-21(26)18-13-28-22(23-18)25-20-16-11-7-6-10-15(16)12-17(20)19(24-25)14-8-4-3-5-9-14/h3-11,13H,2,12H2,1H3. The van der Waals surface area contributed by atoms with E-state index in [0.29, 0.717) is 17.4 Å². The first-order valence-corrected chi connectivity index (χ1v) is 10.0. The Morgan fingerprint density at radius 1 is 1.14 bits per heavy atom. The molecule has 0 aliphatic heterocycles. The van der Waals surface area contributed by atoms with Crippen LogP contribution < -0.4 is 0 Å². The van der Waals surface area contributed by atoms with Crippen molar-refractivity contribution in [2.24, 2.45) is 0 Å². The van der Waals surface area contributed by atoms with Gasteiger partial charge in [-0.15, -0.1) is 11.3 Å². The summed E-state index contributed by atoms with van der Waals surface area (Å²) < 4.78 is 6.95. The van der Waals surface area contributed by atoms with Gasteiger partial charge in [0, 0.05) is 28.5 Å². The first kappa shape index (κ1) is 16.9. The highest BCUT2D eigenvalue weighted by molar-refractivity contribution is 7.12. The van der Waals surface area contributed by atoms with Crippen molar-refractivity contribution >= 4 is 17.3 Å². The Bertz CT molecular complexity index is 1180. The molecule has 5 nitrogen and oxygen atoms in total. The van der Waals surface area contributed by atoms with Gasteiger partial charge in [-0.25, -0.2) is 14.5 Å². The second-order valence-corrected chi connectivity index (χ2v) is 7.36. The van der Waals surface area contributed by atoms with Gasteiger partial charge in [0.2, 0.25) is 5.13 Å². The summed E-state index contributed by atoms with van der Waals surface area (Å²) in [5, 5.41) is 7.29. The molecule has 0 N–H and O–H groups in total. The third-order valence-electron chi connectivity index (χ3n) is 4.83. The highest BCUT2D eigenvalue weighted by atomic mass is 32.1. The zero-order chi connectivity index (χ0) is 19.1. The van der Waals surface area contributed by atoms with Crippen LogP contribution in [-0.2, 0) is 11.2 Å². The minimum Gasteiger partial charge on any atom is -0.461 e. The number of ether oxygens (including phenoxy) is 1. The third kappa shape index (κ3) is 2.65. The fourth-order valence-electron chi connectivity index (χ4n) is 3.62. The van der Waals surface area contributed by atoms with E-state index in [1.807, 2.05) is 28.9 Å². The Morgan fingerprint density at radius 2 is 1.93 bits per heavy atom. The molecule has 28 heavy (non-hydrogen) atoms. The van der Waals surface area contributed by atoms with Crippen molar-refractivity contribution in [3.63, 3.8) is 0 Å². The Labute approximate surface area is 166 Å². The highest BCUT2D eigenvalue weighted by Crippen LogP contribution is 2.43. The molecule has 2 aromatic heterocycles. The lowest BCUT2D eigenvalue weighted by Gasteiger charge is -2.04. The van der Waals surface area contributed by atoms with E-state index in [1.165, 1.54) is 28.0 Å². The van der Waals surface area contributed by atoms with Gasteiger partial charge in [0.25, 0.3) is 0 Å². The molecule has 0 radical (unpaired) electrons. The zero-order valence-corrected chi connectivity index (χ0v) is 16.1. The van der Waals surface area contributed by atoms with Crippen LogP contribution in [0, 0.1) is 0 Å². The predicted octanol–water partition coefficient (Wildman–Crippen LogP) is 4.74. The summed E-state index contributed by atoms with van der Waals surface area (Å²) in [7, 11) is 0. The number of thiazole rings is 1. The molecule has 1 aliphatic carbocycles. The van der Waals surface area contributed by atoms with Gasteiger partial charge in [0.15, 0.2) is 5.69 Å². The van der Waals surface area contributed by atoms with Gasteiger partial charge in [-0.05, 0) is 12.5 Å². The molecular formula is C22H17N3O2S. The maximum atomic E-state index is 12.0. The van der Waals surface area contributed by atoms with Crippen molar-refractivity contribution in [2.45, 2.75) is 13.3 Å². The largest absolute Gasteiger partial charge is 0.461 e. The number of fused-ring (bicyclic) bond motifs is 3. The molecule has 4 aromatic rings. The molecular weight excluding hydrogens is 370 g/mol. The minimum atomic E-state index is -0.405. The summed E-state index contributed by atoms with van der Waals surface area (Å²) in [5.41, 5.74) is 7.05. The number of carbonyl (C=O) groups is 1. The molecule has 0 atom stereocenters. The first-order valence-electron chi connectivity index (χ1n) is 9.15. The average Bonchev–Trinajstić information content (AvgIpc) is 3.43. The fraction of sp³-hybridized carbons (Fsp3) is 0.136. The Balaban J connectivity index is 1.68. The molecule has 2 aromatic carbocycles. The lowest BCUT2D eigenvalue weighted by molar-refractivity contribution is 0.0520. The number of esters is 1. The van der Waals surface area contributed by atoms with Gasteiger partial charge in [-0.1, -0.05) is 54.6 Å². The van der Waals surface area contributed by atoms with Crippen LogP contribution in [0.2, 0.25) is 0 Å². The lowest BCUT2D eigenvalue weighted by atomic mass is 10.1. The van der Waals surface area contributed by atoms with Crippen molar-refractivity contribution in [3.05, 3.63) is 76.8 Å². The molecule has 0 bridgehead atoms. The molecule has 1 aliphatic rings. The number of benzene rings is 2. The number of nitrogens with zero attached hydrogens (tertiary/aromatic N) is 3. The topological polar surface area (TPSA) is 57.0 Å². The molecule has 0 saturated heterocycles. The number of hydrogen-bond donors (Lipinski definition) is 0. The van der Waals surface area contributed by atoms with Gasteiger partial charge < -0.3 is 4.74 Å². The number of hydrogen-bond acceptors (Lipinski definition) is 5. The van der Waals surface area contributed by atoms with Crippen LogP contribution in [0.3, 0.4) is 0 Å². The van der Waals surface area contributed by atoms with Crippen LogP contribution in [-0.4, -0.2) is 27.3 Å². The van der Waals surface area contributed by atoms with E-state index >= 15 is 0 Å². The van der Waals surface area contributed by atoms with Gasteiger partial charge in [-0.2, -0.15) is 5.10 Å². The summed E-state index contributed by atoms with van der Waals surface area (Å²) in [4.78, 5) is 16.5. The van der Waals surface area contributed by atoms with Gasteiger partial charge >= 0.3 is 5.97 Å². The van der Waals surface area contributed by atoms with Crippen molar-refractivity contribution < 1.29 is 9.53 Å². The third-order valence-corrected chi connectivity index (χ3v) is 5.64. The molecule has 0 unspecified atom stereocenters. The summed E-state index contributed by atoms with van der Waals surface area (Å²) >= 11 is 1.39. The molecule has 6 heteroatoms. The monoisotopic (exact) mass is 387 g/mol. The quantitative estimate of drug-likeness (QED) is 0.418. The second kappa shape index (κ2) is 6.73. The number of rotatable bonds is 4. The molecule has 0 fully saturated rings. The van der Waals surface area contributed by atoms with Crippen molar-refractivity contribution in [3.8, 4) is 27.6 Å². The molecule has 5 rings (SSSR count). The molecule has 0 amide bonds. The van der Waals surface area contributed by atoms with Crippen LogP contribution >= 0.6 is 11.3 Å². The van der Waals surface area contributed by atoms with E-state index in [-0.39, 0.29) is 0 Å². The first-order chi connectivity index (χ1) is 13.8. The summed E-state index contributed by atoms with van der Waals surface area (Å²) in [5.74, 6) is -0.405. The normalized spacial score (nSPS) is 11.9. The molecule has 0 spiro atoms. The molecule has 2 heterocycles. The smallest absolute Gasteiger partial charge is 0.357 e. The molecule has 0 saturated carbocycles.